The fourth-order valence-corrected chi connectivity index (χ4v) is 3.33. The van der Waals surface area contributed by atoms with Crippen molar-refractivity contribution in [1.82, 2.24) is 29.6 Å². The number of imidazole rings is 1. The van der Waals surface area contributed by atoms with Gasteiger partial charge in [0.2, 0.25) is 5.78 Å². The Morgan fingerprint density at radius 1 is 1.28 bits per heavy atom. The van der Waals surface area contributed by atoms with E-state index in [1.54, 1.807) is 13.3 Å². The molecule has 1 aliphatic carbocycles. The Morgan fingerprint density at radius 3 is 3.08 bits per heavy atom. The van der Waals surface area contributed by atoms with Crippen molar-refractivity contribution in [2.24, 2.45) is 0 Å². The third-order valence-electron chi connectivity index (χ3n) is 4.83. The van der Waals surface area contributed by atoms with Crippen molar-refractivity contribution >= 4 is 11.9 Å². The summed E-state index contributed by atoms with van der Waals surface area (Å²) in [6.45, 7) is 0. The second kappa shape index (κ2) is 5.61. The monoisotopic (exact) mass is 337 g/mol. The van der Waals surface area contributed by atoms with Crippen LogP contribution < -0.4 is 11.0 Å². The number of aromatic nitrogens is 4. The molecule has 0 spiro atoms. The van der Waals surface area contributed by atoms with E-state index >= 15 is 0 Å². The number of ether oxygens (including phenoxy) is 1. The van der Waals surface area contributed by atoms with Gasteiger partial charge in [0.15, 0.2) is 0 Å². The minimum atomic E-state index is 0.380. The molecule has 25 heavy (non-hydrogen) atoms. The molecule has 0 amide bonds. The molecule has 0 radical (unpaired) electrons. The molecule has 2 aliphatic rings. The molecule has 5 rings (SSSR count). The summed E-state index contributed by atoms with van der Waals surface area (Å²) in [7, 11) is 1.77. The first-order valence-corrected chi connectivity index (χ1v) is 8.33. The summed E-state index contributed by atoms with van der Waals surface area (Å²) < 4.78 is 9.24. The molecular formula is C17H19N7O. The van der Waals surface area contributed by atoms with E-state index in [1.165, 1.54) is 0 Å². The molecule has 0 atom stereocenters. The Labute approximate surface area is 144 Å². The number of rotatable bonds is 4. The third-order valence-corrected chi connectivity index (χ3v) is 4.83. The maximum Gasteiger partial charge on any atom is 0.233 e. The summed E-state index contributed by atoms with van der Waals surface area (Å²) in [5, 5.41) is 1.89. The van der Waals surface area contributed by atoms with Crippen LogP contribution in [0.1, 0.15) is 18.5 Å². The van der Waals surface area contributed by atoms with Gasteiger partial charge >= 0.3 is 0 Å². The van der Waals surface area contributed by atoms with Crippen molar-refractivity contribution in [3.63, 3.8) is 0 Å². The topological polar surface area (TPSA) is 71.6 Å². The van der Waals surface area contributed by atoms with Crippen molar-refractivity contribution in [2.75, 3.05) is 12.6 Å². The van der Waals surface area contributed by atoms with E-state index in [4.69, 9.17) is 4.74 Å². The van der Waals surface area contributed by atoms with Gasteiger partial charge < -0.3 is 4.74 Å². The molecule has 3 aromatic heterocycles. The largest absolute Gasteiger partial charge is 0.381 e. The zero-order valence-electron chi connectivity index (χ0n) is 13.8. The molecule has 128 valence electrons. The minimum Gasteiger partial charge on any atom is -0.381 e. The average molecular weight is 337 g/mol. The lowest BCUT2D eigenvalue weighted by Gasteiger charge is -2.39. The molecular weight excluding hydrogens is 318 g/mol. The van der Waals surface area contributed by atoms with Crippen LogP contribution in [-0.2, 0) is 4.74 Å². The van der Waals surface area contributed by atoms with Crippen LogP contribution in [0.15, 0.2) is 43.3 Å². The minimum absolute atomic E-state index is 0.380. The number of hydrogen-bond donors (Lipinski definition) is 2. The number of methoxy groups -OCH3 is 1. The van der Waals surface area contributed by atoms with Crippen LogP contribution in [0.5, 0.6) is 0 Å². The molecule has 0 bridgehead atoms. The van der Waals surface area contributed by atoms with Crippen molar-refractivity contribution in [1.29, 1.82) is 0 Å². The van der Waals surface area contributed by atoms with Crippen LogP contribution in [0.4, 0.5) is 0 Å². The first-order chi connectivity index (χ1) is 12.3. The highest BCUT2D eigenvalue weighted by atomic mass is 16.5. The SMILES string of the molecule is COC1CC(NN2C=Cc3c(-c4cnc5nccn5c4)ccn3N2)C1. The van der Waals surface area contributed by atoms with Gasteiger partial charge in [-0.3, -0.25) is 4.40 Å². The molecule has 0 unspecified atom stereocenters. The zero-order chi connectivity index (χ0) is 16.8. The lowest BCUT2D eigenvalue weighted by Crippen LogP contribution is -2.54. The van der Waals surface area contributed by atoms with Gasteiger partial charge in [0.25, 0.3) is 0 Å². The number of nitrogens with one attached hydrogen (secondary N) is 2. The van der Waals surface area contributed by atoms with E-state index < -0.39 is 0 Å². The number of fused-ring (bicyclic) bond motifs is 2. The standard InChI is InChI=1S/C17H19N7O/c1-25-14-8-13(9-14)20-24-6-3-16-15(2-5-23(16)21-24)12-10-19-17-18-4-7-22(17)11-12/h2-7,10-11,13-14,20-21H,8-9H2,1H3. The predicted molar refractivity (Wildman–Crippen MR) is 93.6 cm³/mol. The molecule has 4 heterocycles. The Hall–Kier alpha value is -2.84. The van der Waals surface area contributed by atoms with Gasteiger partial charge in [0.05, 0.1) is 11.8 Å². The summed E-state index contributed by atoms with van der Waals surface area (Å²) in [6.07, 6.45) is 16.1. The van der Waals surface area contributed by atoms with Gasteiger partial charge in [-0.25, -0.2) is 30.7 Å². The first-order valence-electron chi connectivity index (χ1n) is 8.33. The smallest absolute Gasteiger partial charge is 0.233 e. The molecule has 1 fully saturated rings. The highest BCUT2D eigenvalue weighted by Gasteiger charge is 2.30. The van der Waals surface area contributed by atoms with Crippen molar-refractivity contribution in [3.8, 4) is 11.1 Å². The molecule has 2 N–H and O–H groups in total. The number of nitrogens with zero attached hydrogens (tertiary/aromatic N) is 5. The lowest BCUT2D eigenvalue weighted by molar-refractivity contribution is -0.000121. The van der Waals surface area contributed by atoms with Gasteiger partial charge in [-0.15, -0.1) is 0 Å². The lowest BCUT2D eigenvalue weighted by atomic mass is 9.90. The van der Waals surface area contributed by atoms with E-state index in [9.17, 15) is 0 Å². The van der Waals surface area contributed by atoms with E-state index in [-0.39, 0.29) is 0 Å². The summed E-state index contributed by atoms with van der Waals surface area (Å²) in [4.78, 5) is 8.59. The Kier molecular flexibility index (Phi) is 3.25. The Bertz CT molecular complexity index is 938. The van der Waals surface area contributed by atoms with Crippen molar-refractivity contribution in [2.45, 2.75) is 25.0 Å². The van der Waals surface area contributed by atoms with Crippen LogP contribution >= 0.6 is 0 Å². The summed E-state index contributed by atoms with van der Waals surface area (Å²) in [6, 6.07) is 2.52. The van der Waals surface area contributed by atoms with Crippen LogP contribution in [0, 0.1) is 0 Å². The maximum atomic E-state index is 5.32. The number of hydrogen-bond acceptors (Lipinski definition) is 6. The van der Waals surface area contributed by atoms with Gasteiger partial charge in [-0.1, -0.05) is 0 Å². The van der Waals surface area contributed by atoms with Crippen molar-refractivity contribution in [3.05, 3.63) is 48.9 Å². The van der Waals surface area contributed by atoms with Gasteiger partial charge in [-0.05, 0) is 25.0 Å². The zero-order valence-corrected chi connectivity index (χ0v) is 13.8. The van der Waals surface area contributed by atoms with Gasteiger partial charge in [0.1, 0.15) is 0 Å². The van der Waals surface area contributed by atoms with Gasteiger partial charge in [-0.2, -0.15) is 0 Å². The quantitative estimate of drug-likeness (QED) is 0.754. The summed E-state index contributed by atoms with van der Waals surface area (Å²) >= 11 is 0. The molecule has 8 nitrogen and oxygen atoms in total. The normalized spacial score (nSPS) is 21.9. The third kappa shape index (κ3) is 2.46. The van der Waals surface area contributed by atoms with E-state index in [0.717, 1.165) is 29.7 Å². The fraction of sp³-hybridized carbons (Fsp3) is 0.294. The average Bonchev–Trinajstić information content (AvgIpc) is 3.23. The summed E-state index contributed by atoms with van der Waals surface area (Å²) in [5.74, 6) is 0.704. The van der Waals surface area contributed by atoms with Crippen LogP contribution in [0.2, 0.25) is 0 Å². The highest BCUT2D eigenvalue weighted by Crippen LogP contribution is 2.27. The molecule has 1 saturated carbocycles. The Balaban J connectivity index is 1.36. The van der Waals surface area contributed by atoms with E-state index in [1.807, 2.05) is 45.2 Å². The predicted octanol–water partition coefficient (Wildman–Crippen LogP) is 1.62. The van der Waals surface area contributed by atoms with Crippen LogP contribution in [0.25, 0.3) is 23.0 Å². The number of hydrazine groups is 2. The molecule has 0 saturated heterocycles. The second-order valence-corrected chi connectivity index (χ2v) is 6.40. The van der Waals surface area contributed by atoms with Gasteiger partial charge in [0, 0.05) is 61.5 Å². The second-order valence-electron chi connectivity index (χ2n) is 6.40. The van der Waals surface area contributed by atoms with Crippen LogP contribution in [-0.4, -0.2) is 43.4 Å². The molecule has 3 aromatic rings. The summed E-state index contributed by atoms with van der Waals surface area (Å²) in [5.41, 5.74) is 10.0. The molecule has 1 aliphatic heterocycles. The maximum absolute atomic E-state index is 5.32. The van der Waals surface area contributed by atoms with E-state index in [0.29, 0.717) is 17.9 Å². The van der Waals surface area contributed by atoms with E-state index in [2.05, 4.69) is 33.1 Å². The molecule has 8 heteroatoms. The fourth-order valence-electron chi connectivity index (χ4n) is 3.33. The van der Waals surface area contributed by atoms with Crippen molar-refractivity contribution < 1.29 is 4.74 Å². The molecule has 0 aromatic carbocycles. The Morgan fingerprint density at radius 2 is 2.20 bits per heavy atom. The van der Waals surface area contributed by atoms with Crippen LogP contribution in [0.3, 0.4) is 0 Å². The first kappa shape index (κ1) is 14.5. The highest BCUT2D eigenvalue weighted by molar-refractivity contribution is 5.74.